The number of fused-ring (bicyclic) bond motifs is 1. The highest BCUT2D eigenvalue weighted by Gasteiger charge is 2.23. The molecular formula is C28H50O7S. The van der Waals surface area contributed by atoms with Gasteiger partial charge in [-0.1, -0.05) is 64.7 Å². The fraction of sp³-hybridized carbons (Fsp3) is 0.857. The molecule has 1 N–H and O–H groups in total. The molecule has 2 heterocycles. The minimum atomic E-state index is -0.582. The summed E-state index contributed by atoms with van der Waals surface area (Å²) in [7, 11) is 0. The van der Waals surface area contributed by atoms with Gasteiger partial charge < -0.3 is 33.5 Å². The zero-order valence-electron chi connectivity index (χ0n) is 22.7. The molecule has 210 valence electrons. The van der Waals surface area contributed by atoms with E-state index < -0.39 is 6.10 Å². The molecule has 0 radical (unpaired) electrons. The Labute approximate surface area is 222 Å². The van der Waals surface area contributed by atoms with Crippen molar-refractivity contribution in [3.63, 3.8) is 0 Å². The van der Waals surface area contributed by atoms with Crippen molar-refractivity contribution in [2.45, 2.75) is 90.6 Å². The molecule has 0 saturated heterocycles. The quantitative estimate of drug-likeness (QED) is 0.171. The molecule has 0 aliphatic carbocycles. The summed E-state index contributed by atoms with van der Waals surface area (Å²) in [5, 5.41) is 10.3. The van der Waals surface area contributed by atoms with Crippen LogP contribution in [0.15, 0.2) is 0 Å². The number of thiophene rings is 1. The molecule has 1 aromatic heterocycles. The first-order valence-corrected chi connectivity index (χ1v) is 14.9. The van der Waals surface area contributed by atoms with Gasteiger partial charge in [-0.3, -0.25) is 0 Å². The number of rotatable bonds is 24. The lowest BCUT2D eigenvalue weighted by molar-refractivity contribution is -0.0167. The van der Waals surface area contributed by atoms with E-state index in [1.807, 2.05) is 6.92 Å². The number of unbranched alkanes of at least 4 members (excludes halogenated alkanes) is 9. The summed E-state index contributed by atoms with van der Waals surface area (Å²) in [6.45, 7) is 9.75. The number of aliphatic hydroxyl groups is 1. The van der Waals surface area contributed by atoms with E-state index in [0.717, 1.165) is 34.3 Å². The zero-order valence-corrected chi connectivity index (χ0v) is 23.5. The van der Waals surface area contributed by atoms with Crippen LogP contribution in [-0.4, -0.2) is 77.3 Å². The summed E-state index contributed by atoms with van der Waals surface area (Å²) in [4.78, 5) is 2.10. The van der Waals surface area contributed by atoms with Crippen LogP contribution in [0.2, 0.25) is 0 Å². The lowest BCUT2D eigenvalue weighted by Gasteiger charge is -2.17. The molecule has 0 fully saturated rings. The predicted molar refractivity (Wildman–Crippen MR) is 145 cm³/mol. The minimum absolute atomic E-state index is 0.267. The van der Waals surface area contributed by atoms with Gasteiger partial charge in [0, 0.05) is 17.9 Å². The third-order valence-electron chi connectivity index (χ3n) is 6.12. The third-order valence-corrected chi connectivity index (χ3v) is 7.21. The summed E-state index contributed by atoms with van der Waals surface area (Å²) in [5.41, 5.74) is 0. The van der Waals surface area contributed by atoms with Crippen LogP contribution in [0.3, 0.4) is 0 Å². The van der Waals surface area contributed by atoms with Crippen molar-refractivity contribution >= 4 is 11.3 Å². The van der Waals surface area contributed by atoms with E-state index in [1.165, 1.54) is 57.8 Å². The van der Waals surface area contributed by atoms with Crippen molar-refractivity contribution in [2.75, 3.05) is 66.1 Å². The van der Waals surface area contributed by atoms with Crippen LogP contribution in [0.25, 0.3) is 0 Å². The molecular weight excluding hydrogens is 480 g/mol. The number of aliphatic hydroxyl groups excluding tert-OH is 1. The van der Waals surface area contributed by atoms with E-state index >= 15 is 0 Å². The van der Waals surface area contributed by atoms with Gasteiger partial charge in [0.2, 0.25) is 0 Å². The van der Waals surface area contributed by atoms with Crippen molar-refractivity contribution in [3.8, 4) is 11.5 Å². The standard InChI is InChI=1S/C28H50O7S/c1-3-4-5-6-7-8-9-10-11-12-13-30-14-15-31-16-17-32-18-19-33-23-25(29)22-26-28-27(24(2)36-26)34-20-21-35-28/h25,29H,3-23H2,1-2H3. The van der Waals surface area contributed by atoms with E-state index in [0.29, 0.717) is 59.3 Å². The van der Waals surface area contributed by atoms with Gasteiger partial charge in [-0.05, 0) is 13.3 Å². The van der Waals surface area contributed by atoms with Crippen LogP contribution < -0.4 is 9.47 Å². The largest absolute Gasteiger partial charge is 0.485 e. The van der Waals surface area contributed by atoms with Gasteiger partial charge in [-0.2, -0.15) is 0 Å². The Hall–Kier alpha value is -0.900. The van der Waals surface area contributed by atoms with Gasteiger partial charge >= 0.3 is 0 Å². The molecule has 0 amide bonds. The van der Waals surface area contributed by atoms with Crippen LogP contribution in [0.5, 0.6) is 11.5 Å². The highest BCUT2D eigenvalue weighted by Crippen LogP contribution is 2.43. The van der Waals surface area contributed by atoms with Crippen molar-refractivity contribution < 1.29 is 33.5 Å². The molecule has 7 nitrogen and oxygen atoms in total. The maximum absolute atomic E-state index is 10.3. The lowest BCUT2D eigenvalue weighted by atomic mass is 10.1. The second kappa shape index (κ2) is 21.1. The first-order chi connectivity index (χ1) is 17.7. The fourth-order valence-corrected chi connectivity index (χ4v) is 5.28. The maximum Gasteiger partial charge on any atom is 0.175 e. The summed E-state index contributed by atoms with van der Waals surface area (Å²) >= 11 is 1.61. The molecule has 0 saturated carbocycles. The minimum Gasteiger partial charge on any atom is -0.485 e. The molecule has 1 aliphatic rings. The van der Waals surface area contributed by atoms with Gasteiger partial charge in [0.25, 0.3) is 0 Å². The second-order valence-corrected chi connectivity index (χ2v) is 10.7. The number of ether oxygens (including phenoxy) is 6. The topological polar surface area (TPSA) is 75.6 Å². The third kappa shape index (κ3) is 14.1. The highest BCUT2D eigenvalue weighted by molar-refractivity contribution is 7.12. The van der Waals surface area contributed by atoms with E-state index in [4.69, 9.17) is 28.4 Å². The van der Waals surface area contributed by atoms with Gasteiger partial charge in [-0.15, -0.1) is 11.3 Å². The van der Waals surface area contributed by atoms with E-state index in [1.54, 1.807) is 11.3 Å². The molecule has 2 rings (SSSR count). The Balaban J connectivity index is 1.29. The molecule has 1 unspecified atom stereocenters. The van der Waals surface area contributed by atoms with Gasteiger partial charge in [-0.25, -0.2) is 0 Å². The van der Waals surface area contributed by atoms with Gasteiger partial charge in [0.05, 0.1) is 57.2 Å². The van der Waals surface area contributed by atoms with Crippen LogP contribution in [-0.2, 0) is 25.4 Å². The highest BCUT2D eigenvalue weighted by atomic mass is 32.1. The van der Waals surface area contributed by atoms with Crippen LogP contribution >= 0.6 is 11.3 Å². The molecule has 8 heteroatoms. The summed E-state index contributed by atoms with van der Waals surface area (Å²) in [6.07, 6.45) is 13.3. The Morgan fingerprint density at radius 1 is 0.694 bits per heavy atom. The molecule has 0 bridgehead atoms. The SMILES string of the molecule is CCCCCCCCCCCCOCCOCCOCCOCC(O)Cc1sc(C)c2c1OCCO2. The number of hydrogen-bond acceptors (Lipinski definition) is 8. The van der Waals surface area contributed by atoms with E-state index in [9.17, 15) is 5.11 Å². The molecule has 0 aromatic carbocycles. The number of aryl methyl sites for hydroxylation is 1. The van der Waals surface area contributed by atoms with E-state index in [2.05, 4.69) is 6.92 Å². The molecule has 1 aliphatic heterocycles. The van der Waals surface area contributed by atoms with Crippen LogP contribution in [0, 0.1) is 6.92 Å². The average Bonchev–Trinajstić information content (AvgIpc) is 3.20. The average molecular weight is 531 g/mol. The maximum atomic E-state index is 10.3. The Morgan fingerprint density at radius 2 is 1.19 bits per heavy atom. The Kier molecular flexibility index (Phi) is 18.3. The summed E-state index contributed by atoms with van der Waals surface area (Å²) in [6, 6.07) is 0. The molecule has 1 aromatic rings. The van der Waals surface area contributed by atoms with Gasteiger partial charge in [0.15, 0.2) is 11.5 Å². The van der Waals surface area contributed by atoms with Crippen LogP contribution in [0.1, 0.15) is 80.9 Å². The Bertz CT molecular complexity index is 652. The van der Waals surface area contributed by atoms with Crippen molar-refractivity contribution in [1.82, 2.24) is 0 Å². The normalized spacial score (nSPS) is 13.9. The predicted octanol–water partition coefficient (Wildman–Crippen LogP) is 5.72. The summed E-state index contributed by atoms with van der Waals surface area (Å²) < 4.78 is 33.6. The molecule has 0 spiro atoms. The van der Waals surface area contributed by atoms with Crippen LogP contribution in [0.4, 0.5) is 0 Å². The first kappa shape index (κ1) is 31.3. The smallest absolute Gasteiger partial charge is 0.175 e. The fourth-order valence-electron chi connectivity index (χ4n) is 4.14. The molecule has 36 heavy (non-hydrogen) atoms. The zero-order chi connectivity index (χ0) is 25.7. The van der Waals surface area contributed by atoms with Crippen molar-refractivity contribution in [3.05, 3.63) is 9.75 Å². The lowest BCUT2D eigenvalue weighted by Crippen LogP contribution is -2.21. The number of hydrogen-bond donors (Lipinski definition) is 1. The van der Waals surface area contributed by atoms with Gasteiger partial charge in [0.1, 0.15) is 13.2 Å². The second-order valence-electron chi connectivity index (χ2n) is 9.39. The monoisotopic (exact) mass is 530 g/mol. The summed E-state index contributed by atoms with van der Waals surface area (Å²) in [5.74, 6) is 1.61. The van der Waals surface area contributed by atoms with Crippen molar-refractivity contribution in [1.29, 1.82) is 0 Å². The first-order valence-electron chi connectivity index (χ1n) is 14.1. The molecule has 1 atom stereocenters. The van der Waals surface area contributed by atoms with E-state index in [-0.39, 0.29) is 6.61 Å². The Morgan fingerprint density at radius 3 is 1.81 bits per heavy atom. The van der Waals surface area contributed by atoms with Crippen molar-refractivity contribution in [2.24, 2.45) is 0 Å².